The zero-order valence-electron chi connectivity index (χ0n) is 7.78. The molecule has 0 aromatic rings. The average Bonchev–Trinajstić information content (AvgIpc) is 2.03. The number of hydrogen-bond donors (Lipinski definition) is 3. The number of rotatable bonds is 4. The Balaban J connectivity index is 0. The Morgan fingerprint density at radius 3 is 1.69 bits per heavy atom. The lowest BCUT2D eigenvalue weighted by molar-refractivity contribution is -0.134. The van der Waals surface area contributed by atoms with Gasteiger partial charge in [0.2, 0.25) is 0 Å². The van der Waals surface area contributed by atoms with Crippen molar-refractivity contribution >= 4 is 11.9 Å². The molecule has 3 N–H and O–H groups in total. The molecule has 0 atom stereocenters. The molecule has 76 valence electrons. The van der Waals surface area contributed by atoms with Crippen LogP contribution < -0.4 is 5.32 Å². The first-order valence-electron chi connectivity index (χ1n) is 3.83. The third-order valence-electron chi connectivity index (χ3n) is 0.868. The number of hydrogen-bond acceptors (Lipinski definition) is 3. The van der Waals surface area contributed by atoms with Gasteiger partial charge >= 0.3 is 11.9 Å². The first-order chi connectivity index (χ1) is 6.04. The molecule has 0 unspecified atom stereocenters. The molecule has 0 rings (SSSR count). The van der Waals surface area contributed by atoms with Crippen LogP contribution in [0.3, 0.4) is 0 Å². The van der Waals surface area contributed by atoms with Crippen LogP contribution in [0.2, 0.25) is 0 Å². The van der Waals surface area contributed by atoms with E-state index in [4.69, 9.17) is 10.2 Å². The molecule has 5 heteroatoms. The van der Waals surface area contributed by atoms with E-state index in [1.807, 2.05) is 7.05 Å². The van der Waals surface area contributed by atoms with Gasteiger partial charge in [0.15, 0.2) is 0 Å². The molecule has 13 heavy (non-hydrogen) atoms. The van der Waals surface area contributed by atoms with Crippen molar-refractivity contribution in [1.29, 1.82) is 0 Å². The van der Waals surface area contributed by atoms with E-state index in [1.54, 1.807) is 0 Å². The maximum absolute atomic E-state index is 9.55. The lowest BCUT2D eigenvalue weighted by atomic mass is 10.5. The van der Waals surface area contributed by atoms with Crippen molar-refractivity contribution in [3.05, 3.63) is 12.2 Å². The van der Waals surface area contributed by atoms with Crippen molar-refractivity contribution in [1.82, 2.24) is 5.32 Å². The van der Waals surface area contributed by atoms with Gasteiger partial charge in [-0.1, -0.05) is 6.92 Å². The summed E-state index contributed by atoms with van der Waals surface area (Å²) in [6.45, 7) is 3.29. The first-order valence-corrected chi connectivity index (χ1v) is 3.83. The van der Waals surface area contributed by atoms with Gasteiger partial charge in [0, 0.05) is 12.2 Å². The third-order valence-corrected chi connectivity index (χ3v) is 0.868. The van der Waals surface area contributed by atoms with E-state index in [2.05, 4.69) is 12.2 Å². The molecular weight excluding hydrogens is 174 g/mol. The zero-order chi connectivity index (χ0) is 10.7. The first kappa shape index (κ1) is 14.2. The fourth-order valence-corrected chi connectivity index (χ4v) is 0.393. The molecule has 0 amide bonds. The van der Waals surface area contributed by atoms with E-state index < -0.39 is 11.9 Å². The molecule has 0 heterocycles. The number of carbonyl (C=O) groups is 2. The Morgan fingerprint density at radius 1 is 1.23 bits per heavy atom. The van der Waals surface area contributed by atoms with Gasteiger partial charge in [0.05, 0.1) is 0 Å². The lowest BCUT2D eigenvalue weighted by Gasteiger charge is -1.84. The maximum Gasteiger partial charge on any atom is 0.328 e. The van der Waals surface area contributed by atoms with Crippen LogP contribution >= 0.6 is 0 Å². The Bertz CT molecular complexity index is 159. The SMILES string of the molecule is CCCNC.O=C(O)C=CC(=O)O. The molecule has 0 radical (unpaired) electrons. The van der Waals surface area contributed by atoms with Crippen LogP contribution in [-0.4, -0.2) is 35.7 Å². The minimum Gasteiger partial charge on any atom is -0.478 e. The molecule has 0 aliphatic heterocycles. The number of carboxylic acids is 2. The molecule has 0 aromatic carbocycles. The molecule has 0 spiro atoms. The van der Waals surface area contributed by atoms with Crippen molar-refractivity contribution in [2.45, 2.75) is 13.3 Å². The molecule has 0 fully saturated rings. The van der Waals surface area contributed by atoms with Crippen LogP contribution in [-0.2, 0) is 9.59 Å². The highest BCUT2D eigenvalue weighted by Gasteiger charge is 1.88. The van der Waals surface area contributed by atoms with Gasteiger partial charge in [-0.05, 0) is 20.0 Å². The number of nitrogens with one attached hydrogen (secondary N) is 1. The lowest BCUT2D eigenvalue weighted by Crippen LogP contribution is -2.04. The van der Waals surface area contributed by atoms with Crippen LogP contribution in [0.4, 0.5) is 0 Å². The summed E-state index contributed by atoms with van der Waals surface area (Å²) >= 11 is 0. The molecule has 0 aliphatic carbocycles. The Hall–Kier alpha value is -1.36. The number of aliphatic carboxylic acids is 2. The molecule has 0 aromatic heterocycles. The highest BCUT2D eigenvalue weighted by Crippen LogP contribution is 1.70. The quantitative estimate of drug-likeness (QED) is 0.555. The summed E-state index contributed by atoms with van der Waals surface area (Å²) in [6.07, 6.45) is 2.35. The zero-order valence-corrected chi connectivity index (χ0v) is 7.78. The molecule has 0 saturated heterocycles. The largest absolute Gasteiger partial charge is 0.478 e. The fourth-order valence-electron chi connectivity index (χ4n) is 0.393. The highest BCUT2D eigenvalue weighted by molar-refractivity contribution is 5.89. The van der Waals surface area contributed by atoms with Gasteiger partial charge in [-0.15, -0.1) is 0 Å². The standard InChI is InChI=1S/C4H11N.C4H4O4/c1-3-4-5-2;5-3(6)1-2-4(7)8/h5H,3-4H2,1-2H3;1-2H,(H,5,6)(H,7,8). The second-order valence-corrected chi connectivity index (χ2v) is 2.11. The maximum atomic E-state index is 9.55. The van der Waals surface area contributed by atoms with E-state index in [-0.39, 0.29) is 0 Å². The predicted molar refractivity (Wildman–Crippen MR) is 48.6 cm³/mol. The van der Waals surface area contributed by atoms with E-state index in [1.165, 1.54) is 6.42 Å². The van der Waals surface area contributed by atoms with Crippen LogP contribution in [0.15, 0.2) is 12.2 Å². The fraction of sp³-hybridized carbons (Fsp3) is 0.500. The minimum absolute atomic E-state index is 0.558. The monoisotopic (exact) mass is 189 g/mol. The van der Waals surface area contributed by atoms with Crippen LogP contribution in [0.1, 0.15) is 13.3 Å². The van der Waals surface area contributed by atoms with E-state index in [9.17, 15) is 9.59 Å². The Morgan fingerprint density at radius 2 is 1.62 bits per heavy atom. The summed E-state index contributed by atoms with van der Waals surface area (Å²) in [5, 5.41) is 18.6. The van der Waals surface area contributed by atoms with Crippen LogP contribution in [0.25, 0.3) is 0 Å². The van der Waals surface area contributed by atoms with Gasteiger partial charge in [0.25, 0.3) is 0 Å². The summed E-state index contributed by atoms with van der Waals surface area (Å²) in [6, 6.07) is 0. The van der Waals surface area contributed by atoms with E-state index in [0.717, 1.165) is 6.54 Å². The summed E-state index contributed by atoms with van der Waals surface area (Å²) in [5.41, 5.74) is 0. The summed E-state index contributed by atoms with van der Waals surface area (Å²) in [7, 11) is 1.96. The molecule has 0 saturated carbocycles. The van der Waals surface area contributed by atoms with Gasteiger partial charge in [0.1, 0.15) is 0 Å². The van der Waals surface area contributed by atoms with Gasteiger partial charge in [-0.25, -0.2) is 9.59 Å². The summed E-state index contributed by atoms with van der Waals surface area (Å²) in [5.74, 6) is -2.51. The summed E-state index contributed by atoms with van der Waals surface area (Å²) < 4.78 is 0. The molecular formula is C8H15NO4. The molecule has 0 bridgehead atoms. The topological polar surface area (TPSA) is 86.6 Å². The van der Waals surface area contributed by atoms with Gasteiger partial charge < -0.3 is 15.5 Å². The van der Waals surface area contributed by atoms with E-state index in [0.29, 0.717) is 12.2 Å². The van der Waals surface area contributed by atoms with Crippen LogP contribution in [0, 0.1) is 0 Å². The Kier molecular flexibility index (Phi) is 11.6. The normalized spacial score (nSPS) is 9.08. The number of carboxylic acid groups (broad SMARTS) is 2. The second kappa shape index (κ2) is 10.6. The van der Waals surface area contributed by atoms with Crippen molar-refractivity contribution in [3.63, 3.8) is 0 Å². The third kappa shape index (κ3) is 25.0. The molecule has 0 aliphatic rings. The highest BCUT2D eigenvalue weighted by atomic mass is 16.4. The molecule has 5 nitrogen and oxygen atoms in total. The van der Waals surface area contributed by atoms with Crippen molar-refractivity contribution in [2.24, 2.45) is 0 Å². The van der Waals surface area contributed by atoms with Crippen LogP contribution in [0.5, 0.6) is 0 Å². The van der Waals surface area contributed by atoms with Crippen molar-refractivity contribution in [2.75, 3.05) is 13.6 Å². The van der Waals surface area contributed by atoms with Gasteiger partial charge in [-0.3, -0.25) is 0 Å². The smallest absolute Gasteiger partial charge is 0.328 e. The summed E-state index contributed by atoms with van der Waals surface area (Å²) in [4.78, 5) is 19.1. The average molecular weight is 189 g/mol. The predicted octanol–water partition coefficient (Wildman–Crippen LogP) is 0.328. The van der Waals surface area contributed by atoms with Gasteiger partial charge in [-0.2, -0.15) is 0 Å². The minimum atomic E-state index is -1.26. The van der Waals surface area contributed by atoms with E-state index >= 15 is 0 Å². The van der Waals surface area contributed by atoms with Crippen molar-refractivity contribution in [3.8, 4) is 0 Å². The second-order valence-electron chi connectivity index (χ2n) is 2.11. The van der Waals surface area contributed by atoms with Crippen molar-refractivity contribution < 1.29 is 19.8 Å². The Labute approximate surface area is 77.1 Å².